The second-order valence-electron chi connectivity index (χ2n) is 6.11. The number of rotatable bonds is 5. The van der Waals surface area contributed by atoms with Gasteiger partial charge in [0, 0.05) is 9.50 Å². The molecule has 3 atom stereocenters. The lowest BCUT2D eigenvalue weighted by molar-refractivity contribution is -0.145. The second-order valence-corrected chi connectivity index (χ2v) is 7.44. The molecule has 0 saturated heterocycles. The number of carboxylic acids is 1. The van der Waals surface area contributed by atoms with Crippen molar-refractivity contribution in [3.63, 3.8) is 0 Å². The summed E-state index contributed by atoms with van der Waals surface area (Å²) in [6.45, 7) is 2.20. The first-order chi connectivity index (χ1) is 10.0. The van der Waals surface area contributed by atoms with Crippen LogP contribution in [0.2, 0.25) is 5.02 Å². The molecule has 1 aliphatic rings. The summed E-state index contributed by atoms with van der Waals surface area (Å²) in [6.07, 6.45) is 6.01. The van der Waals surface area contributed by atoms with E-state index in [0.29, 0.717) is 5.92 Å². The molecule has 1 fully saturated rings. The highest BCUT2D eigenvalue weighted by molar-refractivity contribution is 9.10. The van der Waals surface area contributed by atoms with Crippen molar-refractivity contribution in [2.45, 2.75) is 45.4 Å². The highest BCUT2D eigenvalue weighted by atomic mass is 79.9. The van der Waals surface area contributed by atoms with E-state index in [0.717, 1.165) is 40.7 Å². The summed E-state index contributed by atoms with van der Waals surface area (Å²) in [5, 5.41) is 10.2. The monoisotopic (exact) mass is 372 g/mol. The van der Waals surface area contributed by atoms with Gasteiger partial charge in [-0.2, -0.15) is 0 Å². The van der Waals surface area contributed by atoms with E-state index in [2.05, 4.69) is 22.9 Å². The Kier molecular flexibility index (Phi) is 6.12. The Balaban J connectivity index is 2.13. The molecule has 0 amide bonds. The first-order valence-electron chi connectivity index (χ1n) is 7.68. The van der Waals surface area contributed by atoms with Crippen molar-refractivity contribution in [2.75, 3.05) is 0 Å². The van der Waals surface area contributed by atoms with E-state index in [9.17, 15) is 9.90 Å². The van der Waals surface area contributed by atoms with Gasteiger partial charge in [-0.05, 0) is 55.2 Å². The van der Waals surface area contributed by atoms with Crippen molar-refractivity contribution in [3.8, 4) is 0 Å². The molecule has 0 heterocycles. The van der Waals surface area contributed by atoms with Gasteiger partial charge in [-0.15, -0.1) is 0 Å². The van der Waals surface area contributed by atoms with Gasteiger partial charge in [0.1, 0.15) is 0 Å². The smallest absolute Gasteiger partial charge is 0.306 e. The number of carbonyl (C=O) groups is 1. The van der Waals surface area contributed by atoms with Gasteiger partial charge < -0.3 is 5.11 Å². The molecule has 116 valence electrons. The summed E-state index contributed by atoms with van der Waals surface area (Å²) < 4.78 is 0.957. The summed E-state index contributed by atoms with van der Waals surface area (Å²) in [5.41, 5.74) is 1.06. The molecular weight excluding hydrogens is 352 g/mol. The Morgan fingerprint density at radius 2 is 2.19 bits per heavy atom. The van der Waals surface area contributed by atoms with Crippen LogP contribution in [-0.4, -0.2) is 11.1 Å². The van der Waals surface area contributed by atoms with Crippen molar-refractivity contribution >= 4 is 33.5 Å². The van der Waals surface area contributed by atoms with Gasteiger partial charge in [0.15, 0.2) is 0 Å². The Morgan fingerprint density at radius 3 is 2.81 bits per heavy atom. The molecule has 0 aromatic heterocycles. The largest absolute Gasteiger partial charge is 0.481 e. The lowest BCUT2D eigenvalue weighted by atomic mass is 9.70. The molecular formula is C17H22BrClO2. The van der Waals surface area contributed by atoms with E-state index in [1.54, 1.807) is 0 Å². The van der Waals surface area contributed by atoms with Gasteiger partial charge in [0.05, 0.1) is 5.92 Å². The highest BCUT2D eigenvalue weighted by Gasteiger charge is 2.34. The molecule has 1 N–H and O–H groups in total. The van der Waals surface area contributed by atoms with E-state index in [-0.39, 0.29) is 11.8 Å². The van der Waals surface area contributed by atoms with E-state index < -0.39 is 5.97 Å². The van der Waals surface area contributed by atoms with Gasteiger partial charge in [-0.3, -0.25) is 4.79 Å². The molecule has 0 spiro atoms. The number of aliphatic carboxylic acids is 1. The predicted octanol–water partition coefficient (Wildman–Crippen LogP) is 5.56. The number of hydrogen-bond donors (Lipinski definition) is 1. The molecule has 3 unspecified atom stereocenters. The zero-order valence-corrected chi connectivity index (χ0v) is 14.7. The Bertz CT molecular complexity index is 504. The van der Waals surface area contributed by atoms with Crippen LogP contribution in [0.15, 0.2) is 22.7 Å². The van der Waals surface area contributed by atoms with Crippen LogP contribution >= 0.6 is 27.5 Å². The maximum Gasteiger partial charge on any atom is 0.306 e. The Labute approximate surface area is 140 Å². The van der Waals surface area contributed by atoms with Gasteiger partial charge in [-0.1, -0.05) is 53.4 Å². The predicted molar refractivity (Wildman–Crippen MR) is 89.7 cm³/mol. The van der Waals surface area contributed by atoms with E-state index in [1.807, 2.05) is 18.2 Å². The fourth-order valence-corrected chi connectivity index (χ4v) is 4.30. The molecule has 0 radical (unpaired) electrons. The quantitative estimate of drug-likeness (QED) is 0.733. The Hall–Kier alpha value is -0.540. The number of halogens is 2. The maximum absolute atomic E-state index is 11.5. The lowest BCUT2D eigenvalue weighted by Gasteiger charge is -2.34. The van der Waals surface area contributed by atoms with Crippen LogP contribution in [0.4, 0.5) is 0 Å². The van der Waals surface area contributed by atoms with E-state index in [1.165, 1.54) is 12.8 Å². The molecule has 2 nitrogen and oxygen atoms in total. The minimum atomic E-state index is -0.650. The second kappa shape index (κ2) is 7.64. The molecule has 1 aromatic carbocycles. The van der Waals surface area contributed by atoms with Crippen LogP contribution in [0.1, 0.15) is 44.6 Å². The third-order valence-electron chi connectivity index (χ3n) is 4.60. The normalized spacial score (nSPS) is 25.8. The topological polar surface area (TPSA) is 37.3 Å². The molecule has 0 aliphatic heterocycles. The van der Waals surface area contributed by atoms with Crippen molar-refractivity contribution in [3.05, 3.63) is 33.3 Å². The third-order valence-corrected chi connectivity index (χ3v) is 5.45. The first-order valence-corrected chi connectivity index (χ1v) is 8.85. The van der Waals surface area contributed by atoms with Crippen molar-refractivity contribution in [1.29, 1.82) is 0 Å². The van der Waals surface area contributed by atoms with E-state index in [4.69, 9.17) is 11.6 Å². The Morgan fingerprint density at radius 1 is 1.43 bits per heavy atom. The lowest BCUT2D eigenvalue weighted by Crippen LogP contribution is -2.32. The fraction of sp³-hybridized carbons (Fsp3) is 0.588. The molecule has 1 aromatic rings. The zero-order chi connectivity index (χ0) is 15.4. The van der Waals surface area contributed by atoms with Crippen molar-refractivity contribution < 1.29 is 9.90 Å². The van der Waals surface area contributed by atoms with E-state index >= 15 is 0 Å². The number of benzene rings is 1. The summed E-state index contributed by atoms with van der Waals surface area (Å²) in [6, 6.07) is 5.87. The minimum absolute atomic E-state index is 0.200. The van der Waals surface area contributed by atoms with Crippen LogP contribution in [0, 0.1) is 17.8 Å². The average Bonchev–Trinajstić information content (AvgIpc) is 2.42. The number of carboxylic acid groups (broad SMARTS) is 1. The molecule has 2 rings (SSSR count). The van der Waals surface area contributed by atoms with Crippen LogP contribution in [0.5, 0.6) is 0 Å². The summed E-state index contributed by atoms with van der Waals surface area (Å²) in [7, 11) is 0. The van der Waals surface area contributed by atoms with Crippen LogP contribution in [0.25, 0.3) is 0 Å². The van der Waals surface area contributed by atoms with Gasteiger partial charge >= 0.3 is 5.97 Å². The van der Waals surface area contributed by atoms with Gasteiger partial charge in [0.2, 0.25) is 0 Å². The SMILES string of the molecule is CCCC1CCC(C(=O)O)C(Cc2ccc(Br)cc2Cl)C1. The highest BCUT2D eigenvalue weighted by Crippen LogP contribution is 2.39. The standard InChI is InChI=1S/C17H22BrClO2/c1-2-3-11-4-7-15(17(20)21)13(8-11)9-12-5-6-14(18)10-16(12)19/h5-6,10-11,13,15H,2-4,7-9H2,1H3,(H,20,21). The van der Waals surface area contributed by atoms with Crippen molar-refractivity contribution in [1.82, 2.24) is 0 Å². The average molecular weight is 374 g/mol. The molecule has 1 aliphatic carbocycles. The molecule has 4 heteroatoms. The third kappa shape index (κ3) is 4.46. The molecule has 21 heavy (non-hydrogen) atoms. The first kappa shape index (κ1) is 16.8. The molecule has 1 saturated carbocycles. The summed E-state index contributed by atoms with van der Waals surface area (Å²) in [5.74, 6) is -0.00250. The van der Waals surface area contributed by atoms with Gasteiger partial charge in [0.25, 0.3) is 0 Å². The summed E-state index contributed by atoms with van der Waals surface area (Å²) >= 11 is 9.70. The minimum Gasteiger partial charge on any atom is -0.481 e. The molecule has 0 bridgehead atoms. The van der Waals surface area contributed by atoms with Crippen LogP contribution < -0.4 is 0 Å². The van der Waals surface area contributed by atoms with Crippen LogP contribution in [0.3, 0.4) is 0 Å². The number of hydrogen-bond acceptors (Lipinski definition) is 1. The van der Waals surface area contributed by atoms with Crippen LogP contribution in [-0.2, 0) is 11.2 Å². The van der Waals surface area contributed by atoms with Gasteiger partial charge in [-0.25, -0.2) is 0 Å². The summed E-state index contributed by atoms with van der Waals surface area (Å²) in [4.78, 5) is 11.5. The fourth-order valence-electron chi connectivity index (χ4n) is 3.55. The zero-order valence-electron chi connectivity index (χ0n) is 12.3. The maximum atomic E-state index is 11.5. The van der Waals surface area contributed by atoms with Crippen molar-refractivity contribution in [2.24, 2.45) is 17.8 Å².